The Hall–Kier alpha value is -1.09. The van der Waals surface area contributed by atoms with Crippen LogP contribution in [0.2, 0.25) is 0 Å². The third kappa shape index (κ3) is 4.01. The number of rotatable bonds is 5. The van der Waals surface area contributed by atoms with Gasteiger partial charge in [0.25, 0.3) is 0 Å². The molecule has 2 nitrogen and oxygen atoms in total. The predicted octanol–water partition coefficient (Wildman–Crippen LogP) is 4.08. The van der Waals surface area contributed by atoms with Crippen molar-refractivity contribution in [3.05, 3.63) is 48.0 Å². The predicted molar refractivity (Wildman–Crippen MR) is 97.7 cm³/mol. The van der Waals surface area contributed by atoms with Crippen LogP contribution >= 0.6 is 12.4 Å². The SMILES string of the molecule is CCN(Cc1ccc2ccccc2c1)CC1(C)CCNC1.Cl. The lowest BCUT2D eigenvalue weighted by Gasteiger charge is -2.31. The van der Waals surface area contributed by atoms with E-state index in [4.69, 9.17) is 0 Å². The van der Waals surface area contributed by atoms with E-state index in [-0.39, 0.29) is 12.4 Å². The summed E-state index contributed by atoms with van der Waals surface area (Å²) in [6, 6.07) is 15.5. The average molecular weight is 319 g/mol. The van der Waals surface area contributed by atoms with Crippen molar-refractivity contribution in [1.29, 1.82) is 0 Å². The van der Waals surface area contributed by atoms with Crippen molar-refractivity contribution < 1.29 is 0 Å². The van der Waals surface area contributed by atoms with Crippen molar-refractivity contribution in [2.45, 2.75) is 26.8 Å². The fourth-order valence-corrected chi connectivity index (χ4v) is 3.42. The van der Waals surface area contributed by atoms with Crippen molar-refractivity contribution in [3.63, 3.8) is 0 Å². The second-order valence-corrected chi connectivity index (χ2v) is 6.72. The summed E-state index contributed by atoms with van der Waals surface area (Å²) >= 11 is 0. The third-order valence-corrected chi connectivity index (χ3v) is 4.73. The molecule has 1 aliphatic heterocycles. The molecule has 0 aliphatic carbocycles. The summed E-state index contributed by atoms with van der Waals surface area (Å²) in [5.41, 5.74) is 1.86. The Kier molecular flexibility index (Phi) is 5.85. The van der Waals surface area contributed by atoms with Crippen molar-refractivity contribution >= 4 is 23.2 Å². The zero-order valence-corrected chi connectivity index (χ0v) is 14.5. The van der Waals surface area contributed by atoms with Crippen LogP contribution in [0.3, 0.4) is 0 Å². The van der Waals surface area contributed by atoms with Crippen LogP contribution in [0.1, 0.15) is 25.8 Å². The zero-order valence-electron chi connectivity index (χ0n) is 13.6. The second-order valence-electron chi connectivity index (χ2n) is 6.72. The summed E-state index contributed by atoms with van der Waals surface area (Å²) in [7, 11) is 0. The normalized spacial score (nSPS) is 21.2. The molecule has 1 heterocycles. The van der Waals surface area contributed by atoms with Gasteiger partial charge in [0.15, 0.2) is 0 Å². The Morgan fingerprint density at radius 1 is 1.14 bits per heavy atom. The first-order chi connectivity index (χ1) is 10.2. The summed E-state index contributed by atoms with van der Waals surface area (Å²) in [5, 5.41) is 6.18. The largest absolute Gasteiger partial charge is 0.316 e. The molecule has 2 aromatic rings. The molecule has 1 aliphatic rings. The van der Waals surface area contributed by atoms with E-state index < -0.39 is 0 Å². The lowest BCUT2D eigenvalue weighted by Crippen LogP contribution is -2.37. The van der Waals surface area contributed by atoms with Gasteiger partial charge >= 0.3 is 0 Å². The summed E-state index contributed by atoms with van der Waals surface area (Å²) < 4.78 is 0. The first-order valence-electron chi connectivity index (χ1n) is 8.09. The molecule has 3 heteroatoms. The van der Waals surface area contributed by atoms with E-state index in [9.17, 15) is 0 Å². The molecule has 2 aromatic carbocycles. The second kappa shape index (κ2) is 7.45. The molecule has 0 amide bonds. The number of halogens is 1. The van der Waals surface area contributed by atoms with Crippen LogP contribution in [0, 0.1) is 5.41 Å². The highest BCUT2D eigenvalue weighted by atomic mass is 35.5. The number of nitrogens with zero attached hydrogens (tertiary/aromatic N) is 1. The maximum Gasteiger partial charge on any atom is 0.0234 e. The topological polar surface area (TPSA) is 15.3 Å². The minimum atomic E-state index is 0. The molecule has 0 aromatic heterocycles. The van der Waals surface area contributed by atoms with Crippen molar-refractivity contribution in [3.8, 4) is 0 Å². The maximum absolute atomic E-state index is 3.50. The van der Waals surface area contributed by atoms with Gasteiger partial charge in [-0.05, 0) is 47.3 Å². The van der Waals surface area contributed by atoms with Crippen LogP contribution in [0.4, 0.5) is 0 Å². The highest BCUT2D eigenvalue weighted by Gasteiger charge is 2.30. The molecular weight excluding hydrogens is 292 g/mol. The molecule has 0 radical (unpaired) electrons. The zero-order chi connectivity index (χ0) is 14.7. The van der Waals surface area contributed by atoms with Crippen molar-refractivity contribution in [2.75, 3.05) is 26.2 Å². The number of fused-ring (bicyclic) bond motifs is 1. The summed E-state index contributed by atoms with van der Waals surface area (Å²) in [4.78, 5) is 2.58. The lowest BCUT2D eigenvalue weighted by atomic mass is 9.89. The van der Waals surface area contributed by atoms with Crippen LogP contribution in [0.5, 0.6) is 0 Å². The van der Waals surface area contributed by atoms with Gasteiger partial charge in [0, 0.05) is 19.6 Å². The molecule has 1 unspecified atom stereocenters. The van der Waals surface area contributed by atoms with Crippen LogP contribution in [-0.2, 0) is 6.54 Å². The molecule has 1 fully saturated rings. The Morgan fingerprint density at radius 2 is 1.91 bits per heavy atom. The minimum Gasteiger partial charge on any atom is -0.316 e. The quantitative estimate of drug-likeness (QED) is 0.893. The fourth-order valence-electron chi connectivity index (χ4n) is 3.42. The molecule has 1 atom stereocenters. The van der Waals surface area contributed by atoms with Gasteiger partial charge in [-0.25, -0.2) is 0 Å². The summed E-state index contributed by atoms with van der Waals surface area (Å²) in [6.45, 7) is 10.4. The van der Waals surface area contributed by atoms with Crippen LogP contribution < -0.4 is 5.32 Å². The molecule has 0 saturated carbocycles. The van der Waals surface area contributed by atoms with Gasteiger partial charge in [-0.3, -0.25) is 4.90 Å². The van der Waals surface area contributed by atoms with E-state index in [0.717, 1.165) is 19.6 Å². The van der Waals surface area contributed by atoms with Gasteiger partial charge < -0.3 is 5.32 Å². The van der Waals surface area contributed by atoms with Gasteiger partial charge in [-0.2, -0.15) is 0 Å². The first kappa shape index (κ1) is 17.3. The van der Waals surface area contributed by atoms with E-state index in [1.54, 1.807) is 0 Å². The fraction of sp³-hybridized carbons (Fsp3) is 0.474. The van der Waals surface area contributed by atoms with E-state index in [1.165, 1.54) is 35.8 Å². The van der Waals surface area contributed by atoms with E-state index in [2.05, 4.69) is 66.5 Å². The molecule has 0 bridgehead atoms. The van der Waals surface area contributed by atoms with Crippen molar-refractivity contribution in [1.82, 2.24) is 10.2 Å². The molecule has 1 N–H and O–H groups in total. The number of nitrogens with one attached hydrogen (secondary N) is 1. The van der Waals surface area contributed by atoms with Gasteiger partial charge in [0.05, 0.1) is 0 Å². The van der Waals surface area contributed by atoms with Crippen LogP contribution in [0.25, 0.3) is 10.8 Å². The Labute approximate surface area is 140 Å². The Balaban J connectivity index is 0.00000176. The smallest absolute Gasteiger partial charge is 0.0234 e. The molecule has 3 rings (SSSR count). The monoisotopic (exact) mass is 318 g/mol. The van der Waals surface area contributed by atoms with Crippen molar-refractivity contribution in [2.24, 2.45) is 5.41 Å². The molecule has 120 valence electrons. The molecular formula is C19H27ClN2. The van der Waals surface area contributed by atoms with Gasteiger partial charge in [-0.15, -0.1) is 12.4 Å². The number of benzene rings is 2. The van der Waals surface area contributed by atoms with Crippen LogP contribution in [-0.4, -0.2) is 31.1 Å². The highest BCUT2D eigenvalue weighted by molar-refractivity contribution is 5.85. The lowest BCUT2D eigenvalue weighted by molar-refractivity contribution is 0.178. The minimum absolute atomic E-state index is 0. The summed E-state index contributed by atoms with van der Waals surface area (Å²) in [5.74, 6) is 0. The third-order valence-electron chi connectivity index (χ3n) is 4.73. The first-order valence-corrected chi connectivity index (χ1v) is 8.09. The van der Waals surface area contributed by atoms with E-state index in [0.29, 0.717) is 5.41 Å². The highest BCUT2D eigenvalue weighted by Crippen LogP contribution is 2.26. The Morgan fingerprint density at radius 3 is 2.59 bits per heavy atom. The van der Waals surface area contributed by atoms with E-state index in [1.807, 2.05) is 0 Å². The average Bonchev–Trinajstić information content (AvgIpc) is 2.93. The van der Waals surface area contributed by atoms with Crippen LogP contribution in [0.15, 0.2) is 42.5 Å². The number of hydrogen-bond acceptors (Lipinski definition) is 2. The Bertz CT molecular complexity index is 605. The number of hydrogen-bond donors (Lipinski definition) is 1. The molecule has 1 saturated heterocycles. The van der Waals surface area contributed by atoms with Gasteiger partial charge in [-0.1, -0.05) is 50.2 Å². The van der Waals surface area contributed by atoms with E-state index >= 15 is 0 Å². The molecule has 22 heavy (non-hydrogen) atoms. The van der Waals surface area contributed by atoms with Gasteiger partial charge in [0.1, 0.15) is 0 Å². The standard InChI is InChI=1S/C19H26N2.ClH/c1-3-21(15-19(2)10-11-20-14-19)13-16-8-9-17-6-4-5-7-18(17)12-16;/h4-9,12,20H,3,10-11,13-15H2,1-2H3;1H. The van der Waals surface area contributed by atoms with Gasteiger partial charge in [0.2, 0.25) is 0 Å². The summed E-state index contributed by atoms with van der Waals surface area (Å²) in [6.07, 6.45) is 1.29. The molecule has 0 spiro atoms. The maximum atomic E-state index is 3.50.